The van der Waals surface area contributed by atoms with Gasteiger partial charge < -0.3 is 28.9 Å². The van der Waals surface area contributed by atoms with Crippen LogP contribution in [-0.2, 0) is 22.7 Å². The van der Waals surface area contributed by atoms with Crippen LogP contribution in [0.2, 0.25) is 0 Å². The maximum Gasteiger partial charge on any atom is 0.407 e. The molecule has 0 bridgehead atoms. The Bertz CT molecular complexity index is 830. The lowest BCUT2D eigenvalue weighted by Crippen LogP contribution is -2.46. The summed E-state index contributed by atoms with van der Waals surface area (Å²) in [5, 5.41) is 5.76. The number of ether oxygens (including phenoxy) is 2. The minimum Gasteiger partial charge on any atom is -0.466 e. The molecule has 0 spiro atoms. The van der Waals surface area contributed by atoms with Gasteiger partial charge in [-0.05, 0) is 60.3 Å². The number of hydrogen-bond donors (Lipinski definition) is 2. The van der Waals surface area contributed by atoms with Crippen molar-refractivity contribution in [2.45, 2.75) is 53.2 Å². The zero-order valence-electron chi connectivity index (χ0n) is 18.4. The fourth-order valence-electron chi connectivity index (χ4n) is 4.81. The summed E-state index contributed by atoms with van der Waals surface area (Å²) >= 11 is 0. The number of carbonyl (C=O) groups excluding carboxylic acids is 2. The van der Waals surface area contributed by atoms with Gasteiger partial charge in [-0.2, -0.15) is 0 Å². The van der Waals surface area contributed by atoms with E-state index < -0.39 is 12.2 Å². The fourth-order valence-corrected chi connectivity index (χ4v) is 4.81. The molecule has 1 aliphatic carbocycles. The quantitative estimate of drug-likeness (QED) is 0.618. The lowest BCUT2D eigenvalue weighted by molar-refractivity contribution is 0.0492. The summed E-state index contributed by atoms with van der Waals surface area (Å²) in [7, 11) is 0. The molecule has 2 heterocycles. The highest BCUT2D eigenvalue weighted by molar-refractivity contribution is 5.67. The predicted molar refractivity (Wildman–Crippen MR) is 113 cm³/mol. The third kappa shape index (κ3) is 7.38. The average Bonchev–Trinajstić information content (AvgIpc) is 3.40. The second-order valence-corrected chi connectivity index (χ2v) is 9.47. The summed E-state index contributed by atoms with van der Waals surface area (Å²) in [6, 6.07) is 7.02. The van der Waals surface area contributed by atoms with Crippen LogP contribution in [-0.4, -0.2) is 25.3 Å². The van der Waals surface area contributed by atoms with Crippen LogP contribution in [0.5, 0.6) is 0 Å². The molecule has 0 aromatic carbocycles. The topological polar surface area (TPSA) is 103 Å². The number of carbonyl (C=O) groups is 2. The van der Waals surface area contributed by atoms with Crippen LogP contribution in [0.1, 0.15) is 51.6 Å². The molecule has 170 valence electrons. The monoisotopic (exact) mass is 432 g/mol. The smallest absolute Gasteiger partial charge is 0.407 e. The molecule has 1 fully saturated rings. The molecule has 8 nitrogen and oxygen atoms in total. The van der Waals surface area contributed by atoms with Crippen LogP contribution in [0.15, 0.2) is 45.6 Å². The van der Waals surface area contributed by atoms with E-state index in [1.165, 1.54) is 0 Å². The molecule has 3 rings (SSSR count). The van der Waals surface area contributed by atoms with Crippen molar-refractivity contribution in [3.8, 4) is 0 Å². The predicted octanol–water partition coefficient (Wildman–Crippen LogP) is 4.86. The Hall–Kier alpha value is -2.90. The van der Waals surface area contributed by atoms with Gasteiger partial charge in [-0.15, -0.1) is 0 Å². The summed E-state index contributed by atoms with van der Waals surface area (Å²) < 4.78 is 20.7. The van der Waals surface area contributed by atoms with Crippen molar-refractivity contribution < 1.29 is 27.9 Å². The van der Waals surface area contributed by atoms with E-state index in [-0.39, 0.29) is 30.0 Å². The normalized spacial score (nSPS) is 22.5. The van der Waals surface area contributed by atoms with Gasteiger partial charge in [0.2, 0.25) is 0 Å². The molecule has 0 aliphatic heterocycles. The van der Waals surface area contributed by atoms with E-state index in [1.807, 2.05) is 0 Å². The van der Waals surface area contributed by atoms with Gasteiger partial charge in [-0.1, -0.05) is 20.8 Å². The molecule has 2 atom stereocenters. The van der Waals surface area contributed by atoms with Gasteiger partial charge >= 0.3 is 12.2 Å². The van der Waals surface area contributed by atoms with Crippen LogP contribution in [0, 0.1) is 16.7 Å². The van der Waals surface area contributed by atoms with Crippen molar-refractivity contribution in [1.82, 2.24) is 10.6 Å². The number of furan rings is 2. The van der Waals surface area contributed by atoms with E-state index in [0.29, 0.717) is 24.6 Å². The van der Waals surface area contributed by atoms with Crippen molar-refractivity contribution in [2.24, 2.45) is 16.7 Å². The van der Waals surface area contributed by atoms with E-state index in [1.54, 1.807) is 36.8 Å². The van der Waals surface area contributed by atoms with E-state index in [4.69, 9.17) is 18.3 Å². The van der Waals surface area contributed by atoms with Gasteiger partial charge in [0, 0.05) is 13.1 Å². The minimum absolute atomic E-state index is 0.0944. The van der Waals surface area contributed by atoms with Gasteiger partial charge in [0.15, 0.2) is 13.2 Å². The third-order valence-electron chi connectivity index (χ3n) is 5.57. The molecule has 31 heavy (non-hydrogen) atoms. The van der Waals surface area contributed by atoms with Gasteiger partial charge in [-0.3, -0.25) is 0 Å². The molecule has 0 radical (unpaired) electrons. The first-order valence-corrected chi connectivity index (χ1v) is 10.6. The van der Waals surface area contributed by atoms with Crippen molar-refractivity contribution in [3.05, 3.63) is 48.3 Å². The summed E-state index contributed by atoms with van der Waals surface area (Å²) in [5.74, 6) is 1.49. The summed E-state index contributed by atoms with van der Waals surface area (Å²) in [6.45, 7) is 7.86. The highest BCUT2D eigenvalue weighted by Crippen LogP contribution is 2.48. The number of amides is 2. The first-order chi connectivity index (χ1) is 14.7. The molecule has 2 aromatic heterocycles. The Morgan fingerprint density at radius 2 is 1.55 bits per heavy atom. The molecule has 2 unspecified atom stereocenters. The standard InChI is InChI=1S/C23H32N2O6/c1-22(2)10-17(12-24-20(26)30-13-18-6-4-8-28-18)11-23(3,15-22)16-25-21(27)31-14-19-7-5-9-29-19/h4-9,17H,10-16H2,1-3H3,(H,24,26)(H,25,27). The van der Waals surface area contributed by atoms with E-state index >= 15 is 0 Å². The Balaban J connectivity index is 1.44. The number of alkyl carbamates (subject to hydrolysis) is 2. The van der Waals surface area contributed by atoms with Crippen molar-refractivity contribution in [3.63, 3.8) is 0 Å². The van der Waals surface area contributed by atoms with E-state index in [9.17, 15) is 9.59 Å². The Morgan fingerprint density at radius 3 is 2.10 bits per heavy atom. The first kappa shape index (κ1) is 22.8. The Labute approximate surface area is 182 Å². The fraction of sp³-hybridized carbons (Fsp3) is 0.565. The first-order valence-electron chi connectivity index (χ1n) is 10.6. The number of nitrogens with one attached hydrogen (secondary N) is 2. The van der Waals surface area contributed by atoms with Crippen molar-refractivity contribution in [1.29, 1.82) is 0 Å². The molecule has 2 amide bonds. The van der Waals surface area contributed by atoms with E-state index in [0.717, 1.165) is 19.3 Å². The summed E-state index contributed by atoms with van der Waals surface area (Å²) in [4.78, 5) is 24.1. The molecular weight excluding hydrogens is 400 g/mol. The third-order valence-corrected chi connectivity index (χ3v) is 5.57. The Kier molecular flexibility index (Phi) is 7.30. The van der Waals surface area contributed by atoms with Crippen LogP contribution in [0.25, 0.3) is 0 Å². The molecule has 1 aliphatic rings. The second kappa shape index (κ2) is 9.94. The minimum atomic E-state index is -0.461. The lowest BCUT2D eigenvalue weighted by Gasteiger charge is -2.46. The maximum atomic E-state index is 12.1. The largest absolute Gasteiger partial charge is 0.466 e. The van der Waals surface area contributed by atoms with Crippen molar-refractivity contribution >= 4 is 12.2 Å². The maximum absolute atomic E-state index is 12.1. The van der Waals surface area contributed by atoms with Crippen LogP contribution >= 0.6 is 0 Å². The van der Waals surface area contributed by atoms with Gasteiger partial charge in [0.05, 0.1) is 12.5 Å². The van der Waals surface area contributed by atoms with Crippen LogP contribution in [0.4, 0.5) is 9.59 Å². The highest BCUT2D eigenvalue weighted by Gasteiger charge is 2.41. The average molecular weight is 433 g/mol. The summed E-state index contributed by atoms with van der Waals surface area (Å²) in [6.07, 6.45) is 5.01. The number of hydrogen-bond acceptors (Lipinski definition) is 6. The van der Waals surface area contributed by atoms with Gasteiger partial charge in [0.25, 0.3) is 0 Å². The van der Waals surface area contributed by atoms with Crippen molar-refractivity contribution in [2.75, 3.05) is 13.1 Å². The zero-order chi connectivity index (χ0) is 22.3. The molecule has 0 saturated heterocycles. The number of rotatable bonds is 8. The van der Waals surface area contributed by atoms with Crippen LogP contribution in [0.3, 0.4) is 0 Å². The van der Waals surface area contributed by atoms with Crippen LogP contribution < -0.4 is 10.6 Å². The SMILES string of the molecule is CC1(C)CC(CNC(=O)OCc2ccco2)CC(C)(CNC(=O)OCc2ccco2)C1. The molecule has 8 heteroatoms. The molecule has 1 saturated carbocycles. The zero-order valence-corrected chi connectivity index (χ0v) is 18.4. The second-order valence-electron chi connectivity index (χ2n) is 9.47. The molecule has 2 aromatic rings. The summed E-state index contributed by atoms with van der Waals surface area (Å²) in [5.41, 5.74) is -0.00690. The molecule has 2 N–H and O–H groups in total. The van der Waals surface area contributed by atoms with Gasteiger partial charge in [-0.25, -0.2) is 9.59 Å². The highest BCUT2D eigenvalue weighted by atomic mass is 16.6. The van der Waals surface area contributed by atoms with E-state index in [2.05, 4.69) is 31.4 Å². The lowest BCUT2D eigenvalue weighted by atomic mass is 9.60. The molecular formula is C23H32N2O6. The van der Waals surface area contributed by atoms with Gasteiger partial charge in [0.1, 0.15) is 11.5 Å². The Morgan fingerprint density at radius 1 is 0.968 bits per heavy atom.